The van der Waals surface area contributed by atoms with Gasteiger partial charge in [0.05, 0.1) is 4.92 Å². The number of carbonyl (C=O) groups is 1. The van der Waals surface area contributed by atoms with Gasteiger partial charge in [-0.1, -0.05) is 0 Å². The molecule has 0 aromatic heterocycles. The second-order valence-corrected chi connectivity index (χ2v) is 4.57. The van der Waals surface area contributed by atoms with Gasteiger partial charge in [-0.15, -0.1) is 0 Å². The number of benzene rings is 1. The molecule has 6 nitrogen and oxygen atoms in total. The molecule has 0 spiro atoms. The molecular weight excluding hydrogens is 246 g/mol. The van der Waals surface area contributed by atoms with Gasteiger partial charge in [-0.05, 0) is 12.1 Å². The number of hydrogen-bond acceptors (Lipinski definition) is 5. The van der Waals surface area contributed by atoms with E-state index in [1.54, 1.807) is 0 Å². The number of nitrogens with zero attached hydrogens (tertiary/aromatic N) is 2. The Kier molecular flexibility index (Phi) is 4.59. The third kappa shape index (κ3) is 3.84. The van der Waals surface area contributed by atoms with Crippen molar-refractivity contribution in [3.63, 3.8) is 0 Å². The maximum Gasteiger partial charge on any atom is 0.269 e. The zero-order valence-electron chi connectivity index (χ0n) is 10.7. The van der Waals surface area contributed by atoms with Crippen LogP contribution in [0.5, 0.6) is 0 Å². The first-order valence-corrected chi connectivity index (χ1v) is 6.37. The summed E-state index contributed by atoms with van der Waals surface area (Å²) in [6, 6.07) is 5.80. The summed E-state index contributed by atoms with van der Waals surface area (Å²) in [6.07, 6.45) is 0.456. The fraction of sp³-hybridized carbons (Fsp3) is 0.462. The van der Waals surface area contributed by atoms with Gasteiger partial charge in [-0.25, -0.2) is 0 Å². The van der Waals surface area contributed by atoms with Crippen LogP contribution >= 0.6 is 0 Å². The first-order chi connectivity index (χ1) is 9.16. The van der Waals surface area contributed by atoms with Crippen molar-refractivity contribution in [1.82, 2.24) is 10.2 Å². The second-order valence-electron chi connectivity index (χ2n) is 4.57. The van der Waals surface area contributed by atoms with E-state index < -0.39 is 4.92 Å². The number of nitro benzene ring substituents is 1. The van der Waals surface area contributed by atoms with Gasteiger partial charge in [0.25, 0.3) is 5.69 Å². The quantitative estimate of drug-likeness (QED) is 0.488. The van der Waals surface area contributed by atoms with Gasteiger partial charge in [0.2, 0.25) is 0 Å². The van der Waals surface area contributed by atoms with Gasteiger partial charge in [0.15, 0.2) is 5.78 Å². The van der Waals surface area contributed by atoms with Crippen molar-refractivity contribution >= 4 is 11.5 Å². The van der Waals surface area contributed by atoms with E-state index in [0.29, 0.717) is 12.0 Å². The van der Waals surface area contributed by atoms with E-state index in [9.17, 15) is 14.9 Å². The minimum Gasteiger partial charge on any atom is -0.314 e. The molecule has 1 aliphatic rings. The SMILES string of the molecule is O=C(CCN1CCNCC1)c1ccc([N+](=O)[O-])cc1. The number of nitrogens with one attached hydrogen (secondary N) is 1. The summed E-state index contributed by atoms with van der Waals surface area (Å²) in [6.45, 7) is 4.61. The zero-order chi connectivity index (χ0) is 13.7. The predicted molar refractivity (Wildman–Crippen MR) is 71.4 cm³/mol. The van der Waals surface area contributed by atoms with Crippen LogP contribution in [0, 0.1) is 10.1 Å². The number of ketones is 1. The molecule has 0 atom stereocenters. The molecule has 102 valence electrons. The monoisotopic (exact) mass is 263 g/mol. The largest absolute Gasteiger partial charge is 0.314 e. The summed E-state index contributed by atoms with van der Waals surface area (Å²) in [5, 5.41) is 13.8. The lowest BCUT2D eigenvalue weighted by Gasteiger charge is -2.26. The van der Waals surface area contributed by atoms with Gasteiger partial charge in [0.1, 0.15) is 0 Å². The van der Waals surface area contributed by atoms with Crippen LogP contribution in [0.25, 0.3) is 0 Å². The molecule has 0 bridgehead atoms. The molecule has 1 aliphatic heterocycles. The van der Waals surface area contributed by atoms with Crippen LogP contribution in [0.2, 0.25) is 0 Å². The normalized spacial score (nSPS) is 16.2. The van der Waals surface area contributed by atoms with E-state index >= 15 is 0 Å². The highest BCUT2D eigenvalue weighted by Gasteiger charge is 2.13. The van der Waals surface area contributed by atoms with Crippen LogP contribution in [0.4, 0.5) is 5.69 Å². The second kappa shape index (κ2) is 6.40. The van der Waals surface area contributed by atoms with Gasteiger partial charge < -0.3 is 10.2 Å². The summed E-state index contributed by atoms with van der Waals surface area (Å²) in [5.74, 6) is 0.0356. The molecule has 1 aromatic carbocycles. The molecule has 0 unspecified atom stereocenters. The van der Waals surface area contributed by atoms with Gasteiger partial charge in [-0.3, -0.25) is 14.9 Å². The van der Waals surface area contributed by atoms with Crippen LogP contribution in [0.3, 0.4) is 0 Å². The molecule has 0 amide bonds. The topological polar surface area (TPSA) is 75.5 Å². The van der Waals surface area contributed by atoms with Crippen molar-refractivity contribution in [2.45, 2.75) is 6.42 Å². The first kappa shape index (κ1) is 13.6. The fourth-order valence-corrected chi connectivity index (χ4v) is 2.11. The van der Waals surface area contributed by atoms with Crippen LogP contribution < -0.4 is 5.32 Å². The number of carbonyl (C=O) groups excluding carboxylic acids is 1. The standard InChI is InChI=1S/C13H17N3O3/c17-13(5-8-15-9-6-14-7-10-15)11-1-3-12(4-2-11)16(18)19/h1-4,14H,5-10H2. The molecular formula is C13H17N3O3. The fourth-order valence-electron chi connectivity index (χ4n) is 2.11. The lowest BCUT2D eigenvalue weighted by molar-refractivity contribution is -0.384. The number of Topliss-reactive ketones (excluding diaryl/α,β-unsaturated/α-hetero) is 1. The molecule has 0 saturated carbocycles. The van der Waals surface area contributed by atoms with E-state index in [-0.39, 0.29) is 11.5 Å². The smallest absolute Gasteiger partial charge is 0.269 e. The van der Waals surface area contributed by atoms with E-state index in [2.05, 4.69) is 10.2 Å². The maximum atomic E-state index is 12.0. The molecule has 1 heterocycles. The Morgan fingerprint density at radius 3 is 2.47 bits per heavy atom. The Morgan fingerprint density at radius 1 is 1.26 bits per heavy atom. The molecule has 6 heteroatoms. The molecule has 19 heavy (non-hydrogen) atoms. The summed E-state index contributed by atoms with van der Waals surface area (Å²) in [7, 11) is 0. The minimum absolute atomic E-state index is 0.0126. The summed E-state index contributed by atoms with van der Waals surface area (Å²) >= 11 is 0. The number of piperazine rings is 1. The van der Waals surface area contributed by atoms with Crippen LogP contribution in [0.15, 0.2) is 24.3 Å². The highest BCUT2D eigenvalue weighted by atomic mass is 16.6. The van der Waals surface area contributed by atoms with Gasteiger partial charge in [-0.2, -0.15) is 0 Å². The van der Waals surface area contributed by atoms with Gasteiger partial charge >= 0.3 is 0 Å². The van der Waals surface area contributed by atoms with Crippen molar-refractivity contribution in [1.29, 1.82) is 0 Å². The molecule has 1 saturated heterocycles. The average Bonchev–Trinajstić information content (AvgIpc) is 2.46. The third-order valence-electron chi connectivity index (χ3n) is 3.26. The molecule has 1 aromatic rings. The lowest BCUT2D eigenvalue weighted by atomic mass is 10.1. The minimum atomic E-state index is -0.463. The Hall–Kier alpha value is -1.79. The number of hydrogen-bond donors (Lipinski definition) is 1. The van der Waals surface area contributed by atoms with Crippen molar-refractivity contribution in [2.75, 3.05) is 32.7 Å². The third-order valence-corrected chi connectivity index (χ3v) is 3.26. The highest BCUT2D eigenvalue weighted by molar-refractivity contribution is 5.96. The van der Waals surface area contributed by atoms with E-state index in [0.717, 1.165) is 32.7 Å². The van der Waals surface area contributed by atoms with Crippen LogP contribution in [-0.2, 0) is 0 Å². The van der Waals surface area contributed by atoms with Gasteiger partial charge in [0, 0.05) is 56.8 Å². The predicted octanol–water partition coefficient (Wildman–Crippen LogP) is 1.07. The van der Waals surface area contributed by atoms with Crippen molar-refractivity contribution in [2.24, 2.45) is 0 Å². The maximum absolute atomic E-state index is 12.0. The summed E-state index contributed by atoms with van der Waals surface area (Å²) in [4.78, 5) is 24.3. The average molecular weight is 263 g/mol. The van der Waals surface area contributed by atoms with Crippen LogP contribution in [-0.4, -0.2) is 48.3 Å². The number of rotatable bonds is 5. The Balaban J connectivity index is 1.86. The van der Waals surface area contributed by atoms with Crippen molar-refractivity contribution < 1.29 is 9.72 Å². The molecule has 1 fully saturated rings. The molecule has 1 N–H and O–H groups in total. The molecule has 2 rings (SSSR count). The number of non-ortho nitro benzene ring substituents is 1. The first-order valence-electron chi connectivity index (χ1n) is 6.37. The summed E-state index contributed by atoms with van der Waals surface area (Å²) < 4.78 is 0. The highest BCUT2D eigenvalue weighted by Crippen LogP contribution is 2.13. The Bertz CT molecular complexity index is 453. The van der Waals surface area contributed by atoms with E-state index in [1.807, 2.05) is 0 Å². The molecule has 0 aliphatic carbocycles. The lowest BCUT2D eigenvalue weighted by Crippen LogP contribution is -2.44. The van der Waals surface area contributed by atoms with Crippen LogP contribution in [0.1, 0.15) is 16.8 Å². The van der Waals surface area contributed by atoms with Crippen molar-refractivity contribution in [3.05, 3.63) is 39.9 Å². The van der Waals surface area contributed by atoms with E-state index in [4.69, 9.17) is 0 Å². The summed E-state index contributed by atoms with van der Waals surface area (Å²) in [5.41, 5.74) is 0.555. The Labute approximate surface area is 111 Å². The van der Waals surface area contributed by atoms with E-state index in [1.165, 1.54) is 24.3 Å². The zero-order valence-corrected chi connectivity index (χ0v) is 10.7. The van der Waals surface area contributed by atoms with Crippen molar-refractivity contribution in [3.8, 4) is 0 Å². The molecule has 0 radical (unpaired) electrons. The number of nitro groups is 1. The Morgan fingerprint density at radius 2 is 1.89 bits per heavy atom.